The molecule has 0 fully saturated rings. The molecule has 8 heteroatoms. The lowest BCUT2D eigenvalue weighted by molar-refractivity contribution is -0.141. The SMILES string of the molecule is CCC=Cc1ncc(C[C@H](NC(=O)CCC)C(=O)O)n1Cc1ccc(C(=O)O)cc1. The molecule has 160 valence electrons. The zero-order valence-electron chi connectivity index (χ0n) is 17.2. The molecule has 1 heterocycles. The molecule has 0 unspecified atom stereocenters. The van der Waals surface area contributed by atoms with Gasteiger partial charge >= 0.3 is 11.9 Å². The fraction of sp³-hybridized carbons (Fsp3) is 0.364. The lowest BCUT2D eigenvalue weighted by Crippen LogP contribution is -2.42. The summed E-state index contributed by atoms with van der Waals surface area (Å²) in [4.78, 5) is 39.0. The molecular formula is C22H27N3O5. The second kappa shape index (κ2) is 10.9. The molecule has 0 aliphatic rings. The first-order valence-electron chi connectivity index (χ1n) is 9.91. The Balaban J connectivity index is 2.31. The Kier molecular flexibility index (Phi) is 8.34. The van der Waals surface area contributed by atoms with Crippen molar-refractivity contribution in [2.45, 2.75) is 52.1 Å². The summed E-state index contributed by atoms with van der Waals surface area (Å²) in [5.41, 5.74) is 1.71. The molecule has 0 spiro atoms. The van der Waals surface area contributed by atoms with E-state index in [1.165, 1.54) is 12.1 Å². The summed E-state index contributed by atoms with van der Waals surface area (Å²) in [7, 11) is 0. The maximum absolute atomic E-state index is 11.9. The predicted octanol–water partition coefficient (Wildman–Crippen LogP) is 2.96. The van der Waals surface area contributed by atoms with E-state index in [0.29, 0.717) is 24.5 Å². The van der Waals surface area contributed by atoms with Crippen molar-refractivity contribution in [3.63, 3.8) is 0 Å². The fourth-order valence-electron chi connectivity index (χ4n) is 2.97. The second-order valence-electron chi connectivity index (χ2n) is 6.92. The van der Waals surface area contributed by atoms with Crippen LogP contribution in [-0.2, 0) is 22.6 Å². The van der Waals surface area contributed by atoms with Gasteiger partial charge in [0.15, 0.2) is 0 Å². The van der Waals surface area contributed by atoms with Crippen LogP contribution >= 0.6 is 0 Å². The van der Waals surface area contributed by atoms with Crippen molar-refractivity contribution >= 4 is 23.9 Å². The minimum absolute atomic E-state index is 0.0883. The largest absolute Gasteiger partial charge is 0.480 e. The topological polar surface area (TPSA) is 122 Å². The molecule has 0 aliphatic carbocycles. The van der Waals surface area contributed by atoms with Crippen LogP contribution in [0, 0.1) is 0 Å². The summed E-state index contributed by atoms with van der Waals surface area (Å²) in [6.07, 6.45) is 7.24. The summed E-state index contributed by atoms with van der Waals surface area (Å²) < 4.78 is 1.88. The molecule has 0 radical (unpaired) electrons. The normalized spacial score (nSPS) is 12.1. The summed E-state index contributed by atoms with van der Waals surface area (Å²) in [6.45, 7) is 4.25. The monoisotopic (exact) mass is 413 g/mol. The van der Waals surface area contributed by atoms with E-state index in [0.717, 1.165) is 12.0 Å². The van der Waals surface area contributed by atoms with Crippen LogP contribution in [0.3, 0.4) is 0 Å². The van der Waals surface area contributed by atoms with E-state index in [-0.39, 0.29) is 24.3 Å². The maximum atomic E-state index is 11.9. The highest BCUT2D eigenvalue weighted by atomic mass is 16.4. The minimum Gasteiger partial charge on any atom is -0.480 e. The number of imidazole rings is 1. The van der Waals surface area contributed by atoms with Gasteiger partial charge in [-0.2, -0.15) is 0 Å². The third kappa shape index (κ3) is 6.30. The number of carboxylic acids is 2. The fourth-order valence-corrected chi connectivity index (χ4v) is 2.97. The highest BCUT2D eigenvalue weighted by molar-refractivity contribution is 5.87. The Bertz CT molecular complexity index is 915. The highest BCUT2D eigenvalue weighted by Crippen LogP contribution is 2.15. The average Bonchev–Trinajstić information content (AvgIpc) is 3.07. The molecule has 0 saturated carbocycles. The van der Waals surface area contributed by atoms with Gasteiger partial charge < -0.3 is 20.1 Å². The molecule has 3 N–H and O–H groups in total. The predicted molar refractivity (Wildman–Crippen MR) is 112 cm³/mol. The number of amides is 1. The molecule has 0 saturated heterocycles. The molecule has 8 nitrogen and oxygen atoms in total. The number of aromatic nitrogens is 2. The van der Waals surface area contributed by atoms with Crippen molar-refractivity contribution in [2.75, 3.05) is 0 Å². The number of nitrogens with one attached hydrogen (secondary N) is 1. The Morgan fingerprint density at radius 3 is 2.43 bits per heavy atom. The van der Waals surface area contributed by atoms with E-state index in [1.54, 1.807) is 18.3 Å². The zero-order chi connectivity index (χ0) is 22.1. The number of nitrogens with zero attached hydrogens (tertiary/aromatic N) is 2. The third-order valence-electron chi connectivity index (χ3n) is 4.54. The summed E-state index contributed by atoms with van der Waals surface area (Å²) in [5, 5.41) is 21.2. The first-order valence-corrected chi connectivity index (χ1v) is 9.91. The van der Waals surface area contributed by atoms with E-state index in [4.69, 9.17) is 5.11 Å². The lowest BCUT2D eigenvalue weighted by atomic mass is 10.1. The van der Waals surface area contributed by atoms with E-state index in [9.17, 15) is 19.5 Å². The Hall–Kier alpha value is -3.42. The summed E-state index contributed by atoms with van der Waals surface area (Å²) >= 11 is 0. The van der Waals surface area contributed by atoms with E-state index in [1.807, 2.05) is 30.6 Å². The number of hydrogen-bond acceptors (Lipinski definition) is 4. The first-order chi connectivity index (χ1) is 14.3. The number of allylic oxidation sites excluding steroid dienone is 1. The van der Waals surface area contributed by atoms with Crippen LogP contribution in [0.15, 0.2) is 36.5 Å². The van der Waals surface area contributed by atoms with Crippen molar-refractivity contribution < 1.29 is 24.6 Å². The Morgan fingerprint density at radius 1 is 1.17 bits per heavy atom. The molecular weight excluding hydrogens is 386 g/mol. The van der Waals surface area contributed by atoms with Crippen LogP contribution < -0.4 is 5.32 Å². The number of aliphatic carboxylic acids is 1. The van der Waals surface area contributed by atoms with E-state index < -0.39 is 18.0 Å². The van der Waals surface area contributed by atoms with Gasteiger partial charge in [0, 0.05) is 31.3 Å². The lowest BCUT2D eigenvalue weighted by Gasteiger charge is -2.17. The highest BCUT2D eigenvalue weighted by Gasteiger charge is 2.23. The Morgan fingerprint density at radius 2 is 1.87 bits per heavy atom. The number of carbonyl (C=O) groups is 3. The molecule has 0 bridgehead atoms. The van der Waals surface area contributed by atoms with Gasteiger partial charge in [0.2, 0.25) is 5.91 Å². The van der Waals surface area contributed by atoms with Crippen molar-refractivity contribution in [2.24, 2.45) is 0 Å². The van der Waals surface area contributed by atoms with Gasteiger partial charge in [-0.25, -0.2) is 14.6 Å². The number of aromatic carboxylic acids is 1. The van der Waals surface area contributed by atoms with Gasteiger partial charge in [-0.15, -0.1) is 0 Å². The maximum Gasteiger partial charge on any atom is 0.335 e. The Labute approximate surface area is 175 Å². The van der Waals surface area contributed by atoms with Crippen LogP contribution in [0.2, 0.25) is 0 Å². The quantitative estimate of drug-likeness (QED) is 0.521. The van der Waals surface area contributed by atoms with E-state index >= 15 is 0 Å². The van der Waals surface area contributed by atoms with Crippen molar-refractivity contribution in [1.82, 2.24) is 14.9 Å². The standard InChI is InChI=1S/C22H27N3O5/c1-3-5-7-19-23-13-17(12-18(22(29)30)24-20(26)6-4-2)25(19)14-15-8-10-16(11-9-15)21(27)28/h5,7-11,13,18H,3-4,6,12,14H2,1-2H3,(H,24,26)(H,27,28)(H,29,30)/t18-/m0/s1. The number of hydrogen-bond donors (Lipinski definition) is 3. The smallest absolute Gasteiger partial charge is 0.335 e. The molecule has 1 atom stereocenters. The summed E-state index contributed by atoms with van der Waals surface area (Å²) in [6, 6.07) is 5.44. The van der Waals surface area contributed by atoms with Crippen molar-refractivity contribution in [3.05, 3.63) is 59.2 Å². The van der Waals surface area contributed by atoms with Crippen LogP contribution in [-0.4, -0.2) is 43.7 Å². The number of carboxylic acid groups (broad SMARTS) is 2. The molecule has 1 aromatic carbocycles. The van der Waals surface area contributed by atoms with Gasteiger partial charge in [0.1, 0.15) is 11.9 Å². The van der Waals surface area contributed by atoms with Gasteiger partial charge in [-0.3, -0.25) is 4.79 Å². The third-order valence-corrected chi connectivity index (χ3v) is 4.54. The number of rotatable bonds is 11. The van der Waals surface area contributed by atoms with Gasteiger partial charge in [0.05, 0.1) is 5.56 Å². The minimum atomic E-state index is -1.11. The number of carbonyl (C=O) groups excluding carboxylic acids is 1. The van der Waals surface area contributed by atoms with Crippen LogP contribution in [0.1, 0.15) is 60.5 Å². The van der Waals surface area contributed by atoms with Crippen LogP contribution in [0.5, 0.6) is 0 Å². The van der Waals surface area contributed by atoms with Crippen LogP contribution in [0.25, 0.3) is 6.08 Å². The molecule has 2 rings (SSSR count). The molecule has 1 amide bonds. The van der Waals surface area contributed by atoms with Gasteiger partial charge in [0.25, 0.3) is 0 Å². The molecule has 2 aromatic rings. The number of benzene rings is 1. The van der Waals surface area contributed by atoms with Gasteiger partial charge in [-0.1, -0.05) is 32.1 Å². The molecule has 0 aliphatic heterocycles. The average molecular weight is 413 g/mol. The van der Waals surface area contributed by atoms with Gasteiger partial charge in [-0.05, 0) is 36.6 Å². The van der Waals surface area contributed by atoms with Crippen LogP contribution in [0.4, 0.5) is 0 Å². The first kappa shape index (κ1) is 22.9. The van der Waals surface area contributed by atoms with E-state index in [2.05, 4.69) is 10.3 Å². The zero-order valence-corrected chi connectivity index (χ0v) is 17.2. The van der Waals surface area contributed by atoms with Crippen molar-refractivity contribution in [3.8, 4) is 0 Å². The second-order valence-corrected chi connectivity index (χ2v) is 6.92. The van der Waals surface area contributed by atoms with Crippen molar-refractivity contribution in [1.29, 1.82) is 0 Å². The molecule has 1 aromatic heterocycles. The summed E-state index contributed by atoms with van der Waals surface area (Å²) in [5.74, 6) is -1.74. The molecule has 30 heavy (non-hydrogen) atoms.